The summed E-state index contributed by atoms with van der Waals surface area (Å²) in [5.41, 5.74) is 5.49. The van der Waals surface area contributed by atoms with Crippen molar-refractivity contribution in [1.82, 2.24) is 23.8 Å². The van der Waals surface area contributed by atoms with Crippen molar-refractivity contribution in [2.24, 2.45) is 0 Å². The third-order valence-electron chi connectivity index (χ3n) is 6.33. The normalized spacial score (nSPS) is 14.9. The van der Waals surface area contributed by atoms with E-state index < -0.39 is 10.0 Å². The molecule has 0 bridgehead atoms. The first-order valence-corrected chi connectivity index (χ1v) is 13.0. The lowest BCUT2D eigenvalue weighted by atomic mass is 10.1. The smallest absolute Gasteiger partial charge is 0.243 e. The summed E-state index contributed by atoms with van der Waals surface area (Å²) in [5, 5.41) is 0. The summed E-state index contributed by atoms with van der Waals surface area (Å²) < 4.78 is 30.3. The third kappa shape index (κ3) is 4.56. The van der Waals surface area contributed by atoms with Gasteiger partial charge in [0.2, 0.25) is 16.0 Å². The first-order valence-electron chi connectivity index (χ1n) is 11.6. The van der Waals surface area contributed by atoms with Crippen molar-refractivity contribution >= 4 is 16.0 Å². The second-order valence-electron chi connectivity index (χ2n) is 8.88. The van der Waals surface area contributed by atoms with Crippen LogP contribution in [0, 0.1) is 20.8 Å². The van der Waals surface area contributed by atoms with Gasteiger partial charge in [-0.05, 0) is 50.1 Å². The van der Waals surface area contributed by atoms with Crippen LogP contribution in [0.1, 0.15) is 16.7 Å². The first kappa shape index (κ1) is 23.2. The minimum absolute atomic E-state index is 0.391. The van der Waals surface area contributed by atoms with E-state index in [4.69, 9.17) is 4.98 Å². The molecule has 2 aromatic carbocycles. The quantitative estimate of drug-likeness (QED) is 0.425. The van der Waals surface area contributed by atoms with Crippen LogP contribution in [-0.2, 0) is 10.0 Å². The van der Waals surface area contributed by atoms with E-state index in [2.05, 4.69) is 9.97 Å². The number of piperazine rings is 1. The van der Waals surface area contributed by atoms with Crippen molar-refractivity contribution in [1.29, 1.82) is 0 Å². The van der Waals surface area contributed by atoms with Crippen LogP contribution in [0.25, 0.3) is 16.9 Å². The Kier molecular flexibility index (Phi) is 6.12. The standard InChI is InChI=1S/C26H28N6O2S/c1-19-16-20(2)25(21(3)17-19)35(33,34)32-14-12-30(13-15-32)26-28-9-8-24(29-26)22-4-6-23(7-5-22)31-11-10-27-18-31/h4-11,16-18H,12-15H2,1-3H3. The average molecular weight is 489 g/mol. The summed E-state index contributed by atoms with van der Waals surface area (Å²) in [7, 11) is -3.56. The number of anilines is 1. The Hall–Kier alpha value is -3.56. The summed E-state index contributed by atoms with van der Waals surface area (Å²) >= 11 is 0. The number of aromatic nitrogens is 4. The molecular weight excluding hydrogens is 460 g/mol. The van der Waals surface area contributed by atoms with Gasteiger partial charge in [0, 0.05) is 56.0 Å². The molecule has 4 aromatic rings. The predicted octanol–water partition coefficient (Wildman–Crippen LogP) is 3.77. The van der Waals surface area contributed by atoms with Crippen LogP contribution in [0.5, 0.6) is 0 Å². The van der Waals surface area contributed by atoms with Gasteiger partial charge >= 0.3 is 0 Å². The lowest BCUT2D eigenvalue weighted by molar-refractivity contribution is 0.382. The fourth-order valence-corrected chi connectivity index (χ4v) is 6.54. The highest BCUT2D eigenvalue weighted by molar-refractivity contribution is 7.89. The number of sulfonamides is 1. The SMILES string of the molecule is Cc1cc(C)c(S(=O)(=O)N2CCN(c3nccc(-c4ccc(-n5ccnc5)cc4)n3)CC2)c(C)c1. The monoisotopic (exact) mass is 488 g/mol. The van der Waals surface area contributed by atoms with Gasteiger partial charge in [0.1, 0.15) is 0 Å². The summed E-state index contributed by atoms with van der Waals surface area (Å²) in [6, 6.07) is 13.8. The van der Waals surface area contributed by atoms with Crippen molar-refractivity contribution in [3.05, 3.63) is 84.1 Å². The molecule has 8 nitrogen and oxygen atoms in total. The molecule has 9 heteroatoms. The molecule has 0 amide bonds. The van der Waals surface area contributed by atoms with Crippen molar-refractivity contribution < 1.29 is 8.42 Å². The molecule has 0 saturated carbocycles. The van der Waals surface area contributed by atoms with Crippen LogP contribution in [-0.4, -0.2) is 58.4 Å². The summed E-state index contributed by atoms with van der Waals surface area (Å²) in [6.45, 7) is 7.56. The van der Waals surface area contributed by atoms with E-state index in [1.165, 1.54) is 0 Å². The molecule has 0 spiro atoms. The van der Waals surface area contributed by atoms with Crippen LogP contribution >= 0.6 is 0 Å². The molecule has 0 unspecified atom stereocenters. The van der Waals surface area contributed by atoms with E-state index in [0.29, 0.717) is 37.0 Å². The van der Waals surface area contributed by atoms with Crippen LogP contribution in [0.4, 0.5) is 5.95 Å². The van der Waals surface area contributed by atoms with Gasteiger partial charge in [-0.2, -0.15) is 4.31 Å². The Bertz CT molecular complexity index is 1420. The minimum Gasteiger partial charge on any atom is -0.338 e. The van der Waals surface area contributed by atoms with E-state index >= 15 is 0 Å². The maximum absolute atomic E-state index is 13.4. The lowest BCUT2D eigenvalue weighted by Crippen LogP contribution is -2.49. The topological polar surface area (TPSA) is 84.2 Å². The van der Waals surface area contributed by atoms with E-state index in [9.17, 15) is 8.42 Å². The van der Waals surface area contributed by atoms with Crippen molar-refractivity contribution in [3.63, 3.8) is 0 Å². The number of imidazole rings is 1. The van der Waals surface area contributed by atoms with E-state index in [1.54, 1.807) is 23.0 Å². The Morgan fingerprint density at radius 3 is 2.17 bits per heavy atom. The van der Waals surface area contributed by atoms with E-state index in [-0.39, 0.29) is 0 Å². The van der Waals surface area contributed by atoms with Crippen molar-refractivity contribution in [3.8, 4) is 16.9 Å². The summed E-state index contributed by atoms with van der Waals surface area (Å²) in [4.78, 5) is 15.8. The molecule has 2 aromatic heterocycles. The first-order chi connectivity index (χ1) is 16.8. The molecule has 1 aliphatic heterocycles. The largest absolute Gasteiger partial charge is 0.338 e. The molecule has 180 valence electrons. The second-order valence-corrected chi connectivity index (χ2v) is 10.8. The average Bonchev–Trinajstić information content (AvgIpc) is 3.39. The van der Waals surface area contributed by atoms with Crippen LogP contribution in [0.15, 0.2) is 72.3 Å². The molecule has 1 fully saturated rings. The van der Waals surface area contributed by atoms with Crippen LogP contribution in [0.2, 0.25) is 0 Å². The van der Waals surface area contributed by atoms with Gasteiger partial charge < -0.3 is 9.47 Å². The fraction of sp³-hybridized carbons (Fsp3) is 0.269. The molecule has 35 heavy (non-hydrogen) atoms. The summed E-state index contributed by atoms with van der Waals surface area (Å²) in [6.07, 6.45) is 7.17. The molecular formula is C26H28N6O2S. The second kappa shape index (κ2) is 9.24. The Balaban J connectivity index is 1.31. The number of aryl methyl sites for hydroxylation is 3. The van der Waals surface area contributed by atoms with Gasteiger partial charge in [0.15, 0.2) is 0 Å². The molecule has 1 saturated heterocycles. The summed E-state index contributed by atoms with van der Waals surface area (Å²) in [5.74, 6) is 0.612. The van der Waals surface area contributed by atoms with Gasteiger partial charge in [0.25, 0.3) is 0 Å². The van der Waals surface area contributed by atoms with Crippen molar-refractivity contribution in [2.45, 2.75) is 25.7 Å². The zero-order chi connectivity index (χ0) is 24.6. The zero-order valence-electron chi connectivity index (χ0n) is 20.1. The Morgan fingerprint density at radius 2 is 1.54 bits per heavy atom. The molecule has 0 radical (unpaired) electrons. The fourth-order valence-electron chi connectivity index (χ4n) is 4.71. The third-order valence-corrected chi connectivity index (χ3v) is 8.54. The molecule has 0 N–H and O–H groups in total. The molecule has 0 atom stereocenters. The van der Waals surface area contributed by atoms with E-state index in [0.717, 1.165) is 33.6 Å². The highest BCUT2D eigenvalue weighted by Crippen LogP contribution is 2.27. The minimum atomic E-state index is -3.56. The van der Waals surface area contributed by atoms with Gasteiger partial charge in [0.05, 0.1) is 16.9 Å². The number of nitrogens with zero attached hydrogens (tertiary/aromatic N) is 6. The number of hydrogen-bond acceptors (Lipinski definition) is 6. The van der Waals surface area contributed by atoms with Crippen LogP contribution < -0.4 is 4.90 Å². The predicted molar refractivity (Wildman–Crippen MR) is 136 cm³/mol. The highest BCUT2D eigenvalue weighted by atomic mass is 32.2. The highest BCUT2D eigenvalue weighted by Gasteiger charge is 2.31. The van der Waals surface area contributed by atoms with Gasteiger partial charge in [-0.3, -0.25) is 0 Å². The maximum Gasteiger partial charge on any atom is 0.243 e. The number of rotatable bonds is 5. The zero-order valence-corrected chi connectivity index (χ0v) is 20.9. The lowest BCUT2D eigenvalue weighted by Gasteiger charge is -2.34. The van der Waals surface area contributed by atoms with Crippen LogP contribution in [0.3, 0.4) is 0 Å². The Labute approximate surface area is 206 Å². The van der Waals surface area contributed by atoms with Crippen molar-refractivity contribution in [2.75, 3.05) is 31.1 Å². The maximum atomic E-state index is 13.4. The Morgan fingerprint density at radius 1 is 0.857 bits per heavy atom. The van der Waals surface area contributed by atoms with Gasteiger partial charge in [-0.15, -0.1) is 0 Å². The van der Waals surface area contributed by atoms with Gasteiger partial charge in [-0.25, -0.2) is 23.4 Å². The van der Waals surface area contributed by atoms with Gasteiger partial charge in [-0.1, -0.05) is 29.8 Å². The van der Waals surface area contributed by atoms with E-state index in [1.807, 2.05) is 78.9 Å². The number of hydrogen-bond donors (Lipinski definition) is 0. The molecule has 5 rings (SSSR count). The molecule has 0 aliphatic carbocycles. The number of benzene rings is 2. The molecule has 1 aliphatic rings. The molecule has 3 heterocycles.